The predicted octanol–water partition coefficient (Wildman–Crippen LogP) is 2.80. The van der Waals surface area contributed by atoms with Crippen LogP contribution in [0.2, 0.25) is 0 Å². The molecule has 0 bridgehead atoms. The first-order valence-corrected chi connectivity index (χ1v) is 6.22. The summed E-state index contributed by atoms with van der Waals surface area (Å²) in [6, 6.07) is 8.62. The standard InChI is InChI=1S/C14H21NO/c1-3-16-13-7-4-11(5-8-13)14-9-6-12(14)10-15-2/h4-5,7-8,12,14-15H,3,6,9-10H2,1-2H3. The van der Waals surface area contributed by atoms with E-state index in [1.807, 2.05) is 14.0 Å². The summed E-state index contributed by atoms with van der Waals surface area (Å²) in [7, 11) is 2.04. The van der Waals surface area contributed by atoms with Crippen LogP contribution >= 0.6 is 0 Å². The van der Waals surface area contributed by atoms with E-state index in [4.69, 9.17) is 4.74 Å². The average Bonchev–Trinajstić information content (AvgIpc) is 2.27. The van der Waals surface area contributed by atoms with Gasteiger partial charge >= 0.3 is 0 Å². The Hall–Kier alpha value is -1.02. The molecule has 1 aromatic carbocycles. The van der Waals surface area contributed by atoms with E-state index in [0.29, 0.717) is 0 Å². The number of hydrogen-bond donors (Lipinski definition) is 1. The number of nitrogens with one attached hydrogen (secondary N) is 1. The number of rotatable bonds is 5. The molecule has 2 nitrogen and oxygen atoms in total. The van der Waals surface area contributed by atoms with Gasteiger partial charge in [0.2, 0.25) is 0 Å². The van der Waals surface area contributed by atoms with Gasteiger partial charge in [0.05, 0.1) is 6.61 Å². The van der Waals surface area contributed by atoms with Crippen LogP contribution in [0, 0.1) is 5.92 Å². The fourth-order valence-electron chi connectivity index (χ4n) is 2.49. The third-order valence-corrected chi connectivity index (χ3v) is 3.50. The Morgan fingerprint density at radius 1 is 1.25 bits per heavy atom. The first kappa shape index (κ1) is 11.5. The van der Waals surface area contributed by atoms with Crippen LogP contribution in [0.4, 0.5) is 0 Å². The van der Waals surface area contributed by atoms with Crippen molar-refractivity contribution in [2.24, 2.45) is 5.92 Å². The molecule has 2 heteroatoms. The molecule has 0 saturated heterocycles. The molecule has 1 aromatic rings. The second-order valence-corrected chi connectivity index (χ2v) is 4.50. The lowest BCUT2D eigenvalue weighted by Gasteiger charge is -2.37. The van der Waals surface area contributed by atoms with Crippen molar-refractivity contribution in [1.29, 1.82) is 0 Å². The second kappa shape index (κ2) is 5.35. The van der Waals surface area contributed by atoms with Crippen LogP contribution in [-0.2, 0) is 0 Å². The molecule has 1 saturated carbocycles. The number of benzene rings is 1. The van der Waals surface area contributed by atoms with Crippen molar-refractivity contribution < 1.29 is 4.74 Å². The zero-order valence-electron chi connectivity index (χ0n) is 10.2. The first-order chi connectivity index (χ1) is 7.85. The van der Waals surface area contributed by atoms with Crippen LogP contribution in [-0.4, -0.2) is 20.2 Å². The second-order valence-electron chi connectivity index (χ2n) is 4.50. The van der Waals surface area contributed by atoms with Crippen molar-refractivity contribution in [3.8, 4) is 5.75 Å². The summed E-state index contributed by atoms with van der Waals surface area (Å²) in [5.74, 6) is 2.56. The summed E-state index contributed by atoms with van der Waals surface area (Å²) in [5.41, 5.74) is 1.47. The molecule has 0 radical (unpaired) electrons. The Morgan fingerprint density at radius 3 is 2.50 bits per heavy atom. The highest BCUT2D eigenvalue weighted by molar-refractivity contribution is 5.31. The minimum atomic E-state index is 0.741. The third-order valence-electron chi connectivity index (χ3n) is 3.50. The Kier molecular flexibility index (Phi) is 3.83. The van der Waals surface area contributed by atoms with Gasteiger partial charge in [-0.15, -0.1) is 0 Å². The van der Waals surface area contributed by atoms with Gasteiger partial charge in [-0.05, 0) is 62.9 Å². The summed E-state index contributed by atoms with van der Waals surface area (Å²) in [6.45, 7) is 3.89. The van der Waals surface area contributed by atoms with Crippen molar-refractivity contribution in [2.45, 2.75) is 25.7 Å². The van der Waals surface area contributed by atoms with Gasteiger partial charge < -0.3 is 10.1 Å². The van der Waals surface area contributed by atoms with Crippen molar-refractivity contribution in [2.75, 3.05) is 20.2 Å². The van der Waals surface area contributed by atoms with E-state index in [1.165, 1.54) is 18.4 Å². The summed E-state index contributed by atoms with van der Waals surface area (Å²) in [4.78, 5) is 0. The maximum Gasteiger partial charge on any atom is 0.119 e. The molecule has 1 aliphatic rings. The summed E-state index contributed by atoms with van der Waals surface area (Å²) in [6.07, 6.45) is 2.69. The van der Waals surface area contributed by atoms with Gasteiger partial charge in [0.25, 0.3) is 0 Å². The van der Waals surface area contributed by atoms with E-state index >= 15 is 0 Å². The van der Waals surface area contributed by atoms with E-state index in [9.17, 15) is 0 Å². The Balaban J connectivity index is 1.99. The molecule has 0 aliphatic heterocycles. The van der Waals surface area contributed by atoms with Gasteiger partial charge in [0, 0.05) is 0 Å². The molecule has 1 aliphatic carbocycles. The van der Waals surface area contributed by atoms with Crippen molar-refractivity contribution >= 4 is 0 Å². The molecule has 0 aromatic heterocycles. The first-order valence-electron chi connectivity index (χ1n) is 6.22. The molecule has 2 atom stereocenters. The molecule has 88 valence electrons. The van der Waals surface area contributed by atoms with Gasteiger partial charge in [0.15, 0.2) is 0 Å². The molecule has 0 heterocycles. The highest BCUT2D eigenvalue weighted by Crippen LogP contribution is 2.42. The van der Waals surface area contributed by atoms with Crippen LogP contribution in [0.15, 0.2) is 24.3 Å². The Labute approximate surface area is 98.0 Å². The third kappa shape index (κ3) is 2.38. The van der Waals surface area contributed by atoms with Crippen molar-refractivity contribution in [1.82, 2.24) is 5.32 Å². The van der Waals surface area contributed by atoms with Crippen LogP contribution in [0.3, 0.4) is 0 Å². The van der Waals surface area contributed by atoms with Gasteiger partial charge in [0.1, 0.15) is 5.75 Å². The van der Waals surface area contributed by atoms with Gasteiger partial charge in [-0.1, -0.05) is 12.1 Å². The molecular weight excluding hydrogens is 198 g/mol. The fraction of sp³-hybridized carbons (Fsp3) is 0.571. The van der Waals surface area contributed by atoms with E-state index in [1.54, 1.807) is 0 Å². The van der Waals surface area contributed by atoms with Crippen LogP contribution in [0.5, 0.6) is 5.75 Å². The van der Waals surface area contributed by atoms with E-state index in [-0.39, 0.29) is 0 Å². The zero-order valence-corrected chi connectivity index (χ0v) is 10.2. The van der Waals surface area contributed by atoms with E-state index in [0.717, 1.165) is 30.7 Å². The van der Waals surface area contributed by atoms with E-state index in [2.05, 4.69) is 29.6 Å². The Morgan fingerprint density at radius 2 is 2.00 bits per heavy atom. The monoisotopic (exact) mass is 219 g/mol. The number of ether oxygens (including phenoxy) is 1. The largest absolute Gasteiger partial charge is 0.494 e. The van der Waals surface area contributed by atoms with Crippen LogP contribution in [0.25, 0.3) is 0 Å². The number of hydrogen-bond acceptors (Lipinski definition) is 2. The van der Waals surface area contributed by atoms with Crippen molar-refractivity contribution in [3.63, 3.8) is 0 Å². The molecule has 16 heavy (non-hydrogen) atoms. The Bertz CT molecular complexity index is 320. The summed E-state index contributed by atoms with van der Waals surface area (Å²) >= 11 is 0. The predicted molar refractivity (Wildman–Crippen MR) is 67.0 cm³/mol. The molecule has 2 rings (SSSR count). The zero-order chi connectivity index (χ0) is 11.4. The summed E-state index contributed by atoms with van der Waals surface area (Å²) < 4.78 is 5.45. The SMILES string of the molecule is CCOc1ccc(C2CCC2CNC)cc1. The van der Waals surface area contributed by atoms with Gasteiger partial charge in [-0.3, -0.25) is 0 Å². The molecule has 0 spiro atoms. The highest BCUT2D eigenvalue weighted by atomic mass is 16.5. The molecular formula is C14H21NO. The molecule has 1 fully saturated rings. The fourth-order valence-corrected chi connectivity index (χ4v) is 2.49. The lowest BCUT2D eigenvalue weighted by molar-refractivity contribution is 0.250. The van der Waals surface area contributed by atoms with Crippen LogP contribution < -0.4 is 10.1 Å². The minimum absolute atomic E-state index is 0.741. The maximum atomic E-state index is 5.45. The molecule has 0 amide bonds. The van der Waals surface area contributed by atoms with Gasteiger partial charge in [-0.2, -0.15) is 0 Å². The minimum Gasteiger partial charge on any atom is -0.494 e. The average molecular weight is 219 g/mol. The maximum absolute atomic E-state index is 5.45. The normalized spacial score (nSPS) is 23.9. The highest BCUT2D eigenvalue weighted by Gasteiger charge is 2.31. The van der Waals surface area contributed by atoms with E-state index < -0.39 is 0 Å². The lowest BCUT2D eigenvalue weighted by Crippen LogP contribution is -2.32. The quantitative estimate of drug-likeness (QED) is 0.822. The smallest absolute Gasteiger partial charge is 0.119 e. The lowest BCUT2D eigenvalue weighted by atomic mass is 9.70. The topological polar surface area (TPSA) is 21.3 Å². The molecule has 1 N–H and O–H groups in total. The van der Waals surface area contributed by atoms with Gasteiger partial charge in [-0.25, -0.2) is 0 Å². The van der Waals surface area contributed by atoms with Crippen LogP contribution in [0.1, 0.15) is 31.2 Å². The summed E-state index contributed by atoms with van der Waals surface area (Å²) in [5, 5.41) is 3.28. The molecule has 2 unspecified atom stereocenters. The van der Waals surface area contributed by atoms with Crippen molar-refractivity contribution in [3.05, 3.63) is 29.8 Å².